The van der Waals surface area contributed by atoms with Crippen molar-refractivity contribution in [1.82, 2.24) is 0 Å². The Morgan fingerprint density at radius 1 is 1.29 bits per heavy atom. The maximum absolute atomic E-state index is 12.5. The first-order valence-electron chi connectivity index (χ1n) is 4.30. The maximum atomic E-state index is 12.5. The maximum Gasteiger partial charge on any atom is 0.419 e. The topological polar surface area (TPSA) is 63.6 Å². The molecule has 0 bridgehead atoms. The highest BCUT2D eigenvalue weighted by atomic mass is 19.4. The number of benzene rings is 1. The van der Waals surface area contributed by atoms with Crippen molar-refractivity contribution in [3.8, 4) is 5.75 Å². The minimum atomic E-state index is -4.72. The van der Waals surface area contributed by atoms with Crippen LogP contribution in [0.2, 0.25) is 0 Å². The van der Waals surface area contributed by atoms with Crippen molar-refractivity contribution in [2.75, 3.05) is 7.11 Å². The number of halogens is 3. The Labute approximate surface area is 93.6 Å². The molecule has 17 heavy (non-hydrogen) atoms. The quantitative estimate of drug-likeness (QED) is 0.656. The van der Waals surface area contributed by atoms with E-state index in [2.05, 4.69) is 4.74 Å². The SMILES string of the molecule is COc1ccc(C(=O)C(=O)O)cc1C(F)(F)F. The summed E-state index contributed by atoms with van der Waals surface area (Å²) >= 11 is 0. The molecule has 0 aliphatic rings. The Morgan fingerprint density at radius 3 is 2.29 bits per heavy atom. The van der Waals surface area contributed by atoms with Crippen molar-refractivity contribution in [1.29, 1.82) is 0 Å². The van der Waals surface area contributed by atoms with Gasteiger partial charge < -0.3 is 9.84 Å². The predicted octanol–water partition coefficient (Wildman–Crippen LogP) is 1.98. The Balaban J connectivity index is 3.32. The largest absolute Gasteiger partial charge is 0.496 e. The number of carbonyl (C=O) groups excluding carboxylic acids is 1. The number of hydrogen-bond acceptors (Lipinski definition) is 3. The fraction of sp³-hybridized carbons (Fsp3) is 0.200. The van der Waals surface area contributed by atoms with Gasteiger partial charge in [0.2, 0.25) is 0 Å². The Kier molecular flexibility index (Phi) is 3.40. The second kappa shape index (κ2) is 4.44. The summed E-state index contributed by atoms with van der Waals surface area (Å²) in [7, 11) is 1.04. The van der Waals surface area contributed by atoms with Crippen LogP contribution in [0, 0.1) is 0 Å². The fourth-order valence-corrected chi connectivity index (χ4v) is 1.19. The lowest BCUT2D eigenvalue weighted by atomic mass is 10.1. The number of carbonyl (C=O) groups is 2. The molecule has 0 aliphatic carbocycles. The van der Waals surface area contributed by atoms with E-state index in [0.29, 0.717) is 6.07 Å². The number of carboxylic acids is 1. The Hall–Kier alpha value is -2.05. The number of methoxy groups -OCH3 is 1. The van der Waals surface area contributed by atoms with Gasteiger partial charge in [-0.2, -0.15) is 13.2 Å². The number of ketones is 1. The number of rotatable bonds is 3. The van der Waals surface area contributed by atoms with Gasteiger partial charge in [-0.15, -0.1) is 0 Å². The molecule has 0 radical (unpaired) electrons. The van der Waals surface area contributed by atoms with Crippen molar-refractivity contribution in [3.63, 3.8) is 0 Å². The molecule has 0 aromatic heterocycles. The summed E-state index contributed by atoms with van der Waals surface area (Å²) in [6.07, 6.45) is -4.72. The number of ether oxygens (including phenoxy) is 1. The third-order valence-corrected chi connectivity index (χ3v) is 1.96. The van der Waals surface area contributed by atoms with Gasteiger partial charge in [0, 0.05) is 5.56 Å². The molecule has 0 saturated heterocycles. The van der Waals surface area contributed by atoms with Gasteiger partial charge >= 0.3 is 12.1 Å². The van der Waals surface area contributed by atoms with Gasteiger partial charge in [0.15, 0.2) is 0 Å². The number of carboxylic acid groups (broad SMARTS) is 1. The van der Waals surface area contributed by atoms with E-state index in [9.17, 15) is 22.8 Å². The zero-order valence-electron chi connectivity index (χ0n) is 8.54. The number of hydrogen-bond donors (Lipinski definition) is 1. The van der Waals surface area contributed by atoms with Gasteiger partial charge in [-0.3, -0.25) is 4.79 Å². The molecule has 0 aliphatic heterocycles. The van der Waals surface area contributed by atoms with E-state index in [1.165, 1.54) is 0 Å². The molecule has 92 valence electrons. The molecular weight excluding hydrogens is 241 g/mol. The first-order valence-corrected chi connectivity index (χ1v) is 4.30. The summed E-state index contributed by atoms with van der Waals surface area (Å²) in [5.74, 6) is -3.69. The van der Waals surface area contributed by atoms with Crippen molar-refractivity contribution in [2.45, 2.75) is 6.18 Å². The van der Waals surface area contributed by atoms with Crippen LogP contribution in [0.5, 0.6) is 5.75 Å². The average molecular weight is 248 g/mol. The van der Waals surface area contributed by atoms with E-state index in [1.54, 1.807) is 0 Å². The van der Waals surface area contributed by atoms with Crippen LogP contribution in [0.1, 0.15) is 15.9 Å². The molecule has 1 N–H and O–H groups in total. The van der Waals surface area contributed by atoms with E-state index < -0.39 is 34.8 Å². The normalized spacial score (nSPS) is 11.1. The van der Waals surface area contributed by atoms with Crippen LogP contribution >= 0.6 is 0 Å². The van der Waals surface area contributed by atoms with Gasteiger partial charge in [-0.05, 0) is 18.2 Å². The third kappa shape index (κ3) is 2.74. The van der Waals surface area contributed by atoms with Crippen LogP contribution in [0.3, 0.4) is 0 Å². The van der Waals surface area contributed by atoms with E-state index in [1.807, 2.05) is 0 Å². The summed E-state index contributed by atoms with van der Waals surface area (Å²) in [6.45, 7) is 0. The Morgan fingerprint density at radius 2 is 1.88 bits per heavy atom. The van der Waals surface area contributed by atoms with Crippen LogP contribution in [-0.2, 0) is 11.0 Å². The number of alkyl halides is 3. The zero-order valence-corrected chi connectivity index (χ0v) is 8.54. The van der Waals surface area contributed by atoms with E-state index in [4.69, 9.17) is 5.11 Å². The van der Waals surface area contributed by atoms with Crippen molar-refractivity contribution in [2.24, 2.45) is 0 Å². The molecule has 0 heterocycles. The van der Waals surface area contributed by atoms with E-state index >= 15 is 0 Å². The van der Waals surface area contributed by atoms with Crippen molar-refractivity contribution < 1.29 is 32.6 Å². The van der Waals surface area contributed by atoms with Crippen LogP contribution in [-0.4, -0.2) is 24.0 Å². The molecule has 7 heteroatoms. The highest BCUT2D eigenvalue weighted by Gasteiger charge is 2.35. The van der Waals surface area contributed by atoms with Gasteiger partial charge in [-0.1, -0.05) is 0 Å². The minimum Gasteiger partial charge on any atom is -0.496 e. The monoisotopic (exact) mass is 248 g/mol. The zero-order chi connectivity index (χ0) is 13.2. The fourth-order valence-electron chi connectivity index (χ4n) is 1.19. The molecule has 0 unspecified atom stereocenters. The lowest BCUT2D eigenvalue weighted by Gasteiger charge is -2.12. The molecule has 0 amide bonds. The highest BCUT2D eigenvalue weighted by Crippen LogP contribution is 2.36. The summed E-state index contributed by atoms with van der Waals surface area (Å²) in [5, 5.41) is 8.39. The molecule has 1 aromatic carbocycles. The highest BCUT2D eigenvalue weighted by molar-refractivity contribution is 6.39. The van der Waals surface area contributed by atoms with E-state index in [0.717, 1.165) is 19.2 Å². The van der Waals surface area contributed by atoms with Gasteiger partial charge in [-0.25, -0.2) is 4.79 Å². The van der Waals surface area contributed by atoms with E-state index in [-0.39, 0.29) is 0 Å². The molecule has 0 atom stereocenters. The van der Waals surface area contributed by atoms with Crippen LogP contribution < -0.4 is 4.74 Å². The average Bonchev–Trinajstić information content (AvgIpc) is 2.25. The summed E-state index contributed by atoms with van der Waals surface area (Å²) in [4.78, 5) is 21.4. The number of Topliss-reactive ketones (excluding diaryl/α,β-unsaturated/α-hetero) is 1. The predicted molar refractivity (Wildman–Crippen MR) is 50.0 cm³/mol. The first kappa shape index (κ1) is 13.0. The minimum absolute atomic E-state index is 0.454. The van der Waals surface area contributed by atoms with Gasteiger partial charge in [0.1, 0.15) is 5.75 Å². The van der Waals surface area contributed by atoms with Gasteiger partial charge in [0.25, 0.3) is 5.78 Å². The second-order valence-corrected chi connectivity index (χ2v) is 3.05. The van der Waals surface area contributed by atoms with Gasteiger partial charge in [0.05, 0.1) is 12.7 Å². The smallest absolute Gasteiger partial charge is 0.419 e. The second-order valence-electron chi connectivity index (χ2n) is 3.05. The summed E-state index contributed by atoms with van der Waals surface area (Å²) in [5.41, 5.74) is -1.74. The molecule has 0 saturated carbocycles. The van der Waals surface area contributed by atoms with Crippen molar-refractivity contribution in [3.05, 3.63) is 29.3 Å². The molecule has 1 aromatic rings. The third-order valence-electron chi connectivity index (χ3n) is 1.96. The molecule has 1 rings (SSSR count). The molecular formula is C10H7F3O4. The number of aliphatic carboxylic acids is 1. The molecule has 4 nitrogen and oxygen atoms in total. The van der Waals surface area contributed by atoms with Crippen LogP contribution in [0.4, 0.5) is 13.2 Å². The Bertz CT molecular complexity index is 465. The van der Waals surface area contributed by atoms with Crippen LogP contribution in [0.25, 0.3) is 0 Å². The summed E-state index contributed by atoms with van der Waals surface area (Å²) in [6, 6.07) is 2.32. The lowest BCUT2D eigenvalue weighted by molar-refractivity contribution is -0.139. The van der Waals surface area contributed by atoms with Crippen molar-refractivity contribution >= 4 is 11.8 Å². The standard InChI is InChI=1S/C10H7F3O4/c1-17-7-3-2-5(8(14)9(15)16)4-6(7)10(11,12)13/h2-4H,1H3,(H,15,16). The lowest BCUT2D eigenvalue weighted by Crippen LogP contribution is -2.15. The first-order chi connectivity index (χ1) is 7.77. The summed E-state index contributed by atoms with van der Waals surface area (Å²) < 4.78 is 42.1. The molecule has 0 spiro atoms. The molecule has 0 fully saturated rings. The van der Waals surface area contributed by atoms with Crippen LogP contribution in [0.15, 0.2) is 18.2 Å².